The third-order valence-corrected chi connectivity index (χ3v) is 5.79. The number of hydrogen-bond donors (Lipinski definition) is 2. The van der Waals surface area contributed by atoms with Crippen molar-refractivity contribution in [3.8, 4) is 0 Å². The molecule has 0 saturated heterocycles. The van der Waals surface area contributed by atoms with Gasteiger partial charge in [-0.15, -0.1) is 11.3 Å². The smallest absolute Gasteiger partial charge is 0.339 e. The predicted molar refractivity (Wildman–Crippen MR) is 83.1 cm³/mol. The van der Waals surface area contributed by atoms with Gasteiger partial charge in [-0.3, -0.25) is 4.79 Å². The van der Waals surface area contributed by atoms with Gasteiger partial charge in [0.25, 0.3) is 0 Å². The first-order chi connectivity index (χ1) is 10.1. The molecule has 2 aliphatic rings. The van der Waals surface area contributed by atoms with Crippen LogP contribution in [0.5, 0.6) is 0 Å². The zero-order valence-electron chi connectivity index (χ0n) is 12.1. The molecule has 0 bridgehead atoms. The van der Waals surface area contributed by atoms with E-state index in [-0.39, 0.29) is 5.91 Å². The summed E-state index contributed by atoms with van der Waals surface area (Å²) in [6, 6.07) is 0. The summed E-state index contributed by atoms with van der Waals surface area (Å²) in [6.07, 6.45) is 9.28. The van der Waals surface area contributed by atoms with E-state index in [0.717, 1.165) is 42.5 Å². The monoisotopic (exact) mass is 307 g/mol. The lowest BCUT2D eigenvalue weighted by atomic mass is 9.87. The van der Waals surface area contributed by atoms with Crippen LogP contribution in [0.3, 0.4) is 0 Å². The summed E-state index contributed by atoms with van der Waals surface area (Å²) in [6.45, 7) is 0. The molecule has 0 unspecified atom stereocenters. The largest absolute Gasteiger partial charge is 0.478 e. The van der Waals surface area contributed by atoms with Gasteiger partial charge >= 0.3 is 5.97 Å². The van der Waals surface area contributed by atoms with Gasteiger partial charge in [0.05, 0.1) is 5.56 Å². The molecule has 1 amide bonds. The fourth-order valence-corrected chi connectivity index (χ4v) is 4.85. The number of aromatic carboxylic acids is 1. The number of carbonyl (C=O) groups excluding carboxylic acids is 1. The Bertz CT molecular complexity index is 558. The molecule has 3 rings (SSSR count). The Morgan fingerprint density at radius 3 is 2.62 bits per heavy atom. The van der Waals surface area contributed by atoms with Gasteiger partial charge in [0.2, 0.25) is 5.91 Å². The van der Waals surface area contributed by atoms with Crippen molar-refractivity contribution in [3.63, 3.8) is 0 Å². The molecule has 2 N–H and O–H groups in total. The zero-order chi connectivity index (χ0) is 14.8. The maximum atomic E-state index is 12.2. The Morgan fingerprint density at radius 1 is 1.14 bits per heavy atom. The Kier molecular flexibility index (Phi) is 4.29. The first-order valence-electron chi connectivity index (χ1n) is 7.83. The van der Waals surface area contributed by atoms with Gasteiger partial charge in [-0.25, -0.2) is 4.79 Å². The number of hydrogen-bond acceptors (Lipinski definition) is 3. The van der Waals surface area contributed by atoms with E-state index in [1.165, 1.54) is 30.6 Å². The summed E-state index contributed by atoms with van der Waals surface area (Å²) in [5.74, 6) is -0.467. The van der Waals surface area contributed by atoms with E-state index < -0.39 is 5.97 Å². The summed E-state index contributed by atoms with van der Waals surface area (Å²) in [5, 5.41) is 12.8. The third-order valence-electron chi connectivity index (χ3n) is 4.59. The molecule has 5 heteroatoms. The SMILES string of the molecule is O=C(CC1CCCCC1)Nc1sc2c(c1C(=O)O)CCC2. The Balaban J connectivity index is 1.69. The summed E-state index contributed by atoms with van der Waals surface area (Å²) in [5.41, 5.74) is 1.28. The number of amides is 1. The van der Waals surface area contributed by atoms with Gasteiger partial charge < -0.3 is 10.4 Å². The minimum atomic E-state index is -0.914. The molecule has 4 nitrogen and oxygen atoms in total. The fraction of sp³-hybridized carbons (Fsp3) is 0.625. The molecule has 21 heavy (non-hydrogen) atoms. The highest BCUT2D eigenvalue weighted by atomic mass is 32.1. The minimum absolute atomic E-state index is 0.0238. The lowest BCUT2D eigenvalue weighted by Crippen LogP contribution is -2.19. The lowest BCUT2D eigenvalue weighted by molar-refractivity contribution is -0.117. The van der Waals surface area contributed by atoms with Crippen LogP contribution in [0.2, 0.25) is 0 Å². The van der Waals surface area contributed by atoms with E-state index >= 15 is 0 Å². The standard InChI is InChI=1S/C16H21NO3S/c18-13(9-10-5-2-1-3-6-10)17-15-14(16(19)20)11-7-4-8-12(11)21-15/h10H,1-9H2,(H,17,18)(H,19,20). The van der Waals surface area contributed by atoms with Crippen LogP contribution in [0.25, 0.3) is 0 Å². The number of fused-ring (bicyclic) bond motifs is 1. The number of anilines is 1. The molecule has 0 aromatic carbocycles. The molecular weight excluding hydrogens is 286 g/mol. The van der Waals surface area contributed by atoms with Crippen LogP contribution >= 0.6 is 11.3 Å². The highest BCUT2D eigenvalue weighted by molar-refractivity contribution is 7.17. The van der Waals surface area contributed by atoms with Gasteiger partial charge in [0, 0.05) is 11.3 Å². The zero-order valence-corrected chi connectivity index (χ0v) is 12.9. The average Bonchev–Trinajstić information content (AvgIpc) is 2.99. The van der Waals surface area contributed by atoms with Crippen LogP contribution in [0.4, 0.5) is 5.00 Å². The lowest BCUT2D eigenvalue weighted by Gasteiger charge is -2.20. The van der Waals surface area contributed by atoms with Crippen molar-refractivity contribution in [3.05, 3.63) is 16.0 Å². The summed E-state index contributed by atoms with van der Waals surface area (Å²) >= 11 is 1.45. The molecule has 114 valence electrons. The van der Waals surface area contributed by atoms with Crippen LogP contribution in [0.1, 0.15) is 65.7 Å². The van der Waals surface area contributed by atoms with Gasteiger partial charge in [-0.1, -0.05) is 19.3 Å². The molecule has 2 aliphatic carbocycles. The maximum absolute atomic E-state index is 12.2. The number of nitrogens with one attached hydrogen (secondary N) is 1. The van der Waals surface area contributed by atoms with Crippen LogP contribution in [0.15, 0.2) is 0 Å². The molecule has 1 heterocycles. The van der Waals surface area contributed by atoms with Crippen molar-refractivity contribution in [2.24, 2.45) is 5.92 Å². The van der Waals surface area contributed by atoms with Crippen LogP contribution in [0, 0.1) is 5.92 Å². The fourth-order valence-electron chi connectivity index (χ4n) is 3.55. The average molecular weight is 307 g/mol. The van der Waals surface area contributed by atoms with Gasteiger partial charge in [-0.2, -0.15) is 0 Å². The highest BCUT2D eigenvalue weighted by Gasteiger charge is 2.27. The number of carboxylic acid groups (broad SMARTS) is 1. The Hall–Kier alpha value is -1.36. The predicted octanol–water partition coefficient (Wildman–Crippen LogP) is 3.84. The minimum Gasteiger partial charge on any atom is -0.478 e. The molecule has 0 aliphatic heterocycles. The van der Waals surface area contributed by atoms with Gasteiger partial charge in [0.1, 0.15) is 5.00 Å². The molecule has 1 fully saturated rings. The van der Waals surface area contributed by atoms with Crippen LogP contribution in [-0.4, -0.2) is 17.0 Å². The number of rotatable bonds is 4. The van der Waals surface area contributed by atoms with Gasteiger partial charge in [0.15, 0.2) is 0 Å². The summed E-state index contributed by atoms with van der Waals surface area (Å²) in [7, 11) is 0. The number of thiophene rings is 1. The van der Waals surface area contributed by atoms with E-state index in [4.69, 9.17) is 0 Å². The second-order valence-electron chi connectivity index (χ2n) is 6.12. The first-order valence-corrected chi connectivity index (χ1v) is 8.64. The van der Waals surface area contributed by atoms with Gasteiger partial charge in [-0.05, 0) is 43.6 Å². The first kappa shape index (κ1) is 14.6. The number of aryl methyl sites for hydroxylation is 1. The third kappa shape index (κ3) is 3.12. The van der Waals surface area contributed by atoms with Crippen molar-refractivity contribution in [2.75, 3.05) is 5.32 Å². The quantitative estimate of drug-likeness (QED) is 0.888. The summed E-state index contributed by atoms with van der Waals surface area (Å²) < 4.78 is 0. The van der Waals surface area contributed by atoms with E-state index in [9.17, 15) is 14.7 Å². The van der Waals surface area contributed by atoms with E-state index in [1.807, 2.05) is 0 Å². The van der Waals surface area contributed by atoms with E-state index in [0.29, 0.717) is 22.9 Å². The molecule has 0 spiro atoms. The molecule has 1 aromatic rings. The summed E-state index contributed by atoms with van der Waals surface area (Å²) in [4.78, 5) is 24.8. The van der Waals surface area contributed by atoms with Crippen molar-refractivity contribution in [1.82, 2.24) is 0 Å². The van der Waals surface area contributed by atoms with Crippen LogP contribution in [-0.2, 0) is 17.6 Å². The molecule has 1 saturated carbocycles. The highest BCUT2D eigenvalue weighted by Crippen LogP contribution is 2.39. The number of carboxylic acids is 1. The topological polar surface area (TPSA) is 66.4 Å². The molecule has 0 radical (unpaired) electrons. The van der Waals surface area contributed by atoms with Crippen molar-refractivity contribution in [2.45, 2.75) is 57.8 Å². The van der Waals surface area contributed by atoms with Crippen molar-refractivity contribution < 1.29 is 14.7 Å². The van der Waals surface area contributed by atoms with Crippen molar-refractivity contribution in [1.29, 1.82) is 0 Å². The van der Waals surface area contributed by atoms with Crippen LogP contribution < -0.4 is 5.32 Å². The molecule has 0 atom stereocenters. The normalized spacial score (nSPS) is 18.5. The van der Waals surface area contributed by atoms with Crippen molar-refractivity contribution >= 4 is 28.2 Å². The molecular formula is C16H21NO3S. The second kappa shape index (κ2) is 6.18. The van der Waals surface area contributed by atoms with E-state index in [2.05, 4.69) is 5.32 Å². The maximum Gasteiger partial charge on any atom is 0.339 e. The number of carbonyl (C=O) groups is 2. The van der Waals surface area contributed by atoms with E-state index in [1.54, 1.807) is 0 Å². The second-order valence-corrected chi connectivity index (χ2v) is 7.23. The molecule has 1 aromatic heterocycles. The Labute approximate surface area is 128 Å². The Morgan fingerprint density at radius 2 is 1.90 bits per heavy atom.